The Bertz CT molecular complexity index is 1170. The van der Waals surface area contributed by atoms with Crippen molar-refractivity contribution in [2.24, 2.45) is 5.92 Å². The third kappa shape index (κ3) is 4.75. The summed E-state index contributed by atoms with van der Waals surface area (Å²) in [6.07, 6.45) is 6.12. The van der Waals surface area contributed by atoms with Gasteiger partial charge in [-0.1, -0.05) is 18.2 Å². The fraction of sp³-hybridized carbons (Fsp3) is 0.444. The van der Waals surface area contributed by atoms with Crippen molar-refractivity contribution in [3.63, 3.8) is 0 Å². The first kappa shape index (κ1) is 23.4. The molecule has 8 nitrogen and oxygen atoms in total. The Hall–Kier alpha value is -3.39. The zero-order valence-electron chi connectivity index (χ0n) is 20.0. The lowest BCUT2D eigenvalue weighted by Crippen LogP contribution is -2.54. The molecule has 2 fully saturated rings. The number of pyridine rings is 1. The van der Waals surface area contributed by atoms with Crippen molar-refractivity contribution in [2.75, 3.05) is 13.1 Å². The van der Waals surface area contributed by atoms with E-state index in [4.69, 9.17) is 0 Å². The molecular weight excluding hydrogens is 444 g/mol. The van der Waals surface area contributed by atoms with Crippen LogP contribution in [0.2, 0.25) is 0 Å². The summed E-state index contributed by atoms with van der Waals surface area (Å²) in [6.45, 7) is 4.98. The van der Waals surface area contributed by atoms with Gasteiger partial charge in [-0.3, -0.25) is 39.3 Å². The summed E-state index contributed by atoms with van der Waals surface area (Å²) >= 11 is 0. The van der Waals surface area contributed by atoms with Crippen molar-refractivity contribution in [1.82, 2.24) is 20.1 Å². The van der Waals surface area contributed by atoms with Crippen molar-refractivity contribution in [2.45, 2.75) is 58.0 Å². The highest BCUT2D eigenvalue weighted by Crippen LogP contribution is 2.32. The standard InChI is InChI=1S/C27H30N4O4/c1-17-5-6-19(15-28-17)16-30-13-11-18(12-14-30)7-8-20-3-2-4-21-24(20)27(35)31(26(21)34)22-9-10-23(32)29-25(22)33/h2-6,15,18,22H,7-14,16H2,1H3,(H,29,32,33). The van der Waals surface area contributed by atoms with Crippen LogP contribution < -0.4 is 5.32 Å². The van der Waals surface area contributed by atoms with Crippen molar-refractivity contribution >= 4 is 23.6 Å². The molecule has 0 spiro atoms. The number of rotatable bonds is 6. The number of benzene rings is 1. The Labute approximate surface area is 204 Å². The number of amides is 4. The second-order valence-electron chi connectivity index (χ2n) is 9.85. The van der Waals surface area contributed by atoms with Gasteiger partial charge in [-0.25, -0.2) is 0 Å². The topological polar surface area (TPSA) is 99.7 Å². The fourth-order valence-corrected chi connectivity index (χ4v) is 5.44. The zero-order chi connectivity index (χ0) is 24.5. The Morgan fingerprint density at radius 2 is 1.80 bits per heavy atom. The van der Waals surface area contributed by atoms with Gasteiger partial charge in [-0.15, -0.1) is 0 Å². The summed E-state index contributed by atoms with van der Waals surface area (Å²) in [4.78, 5) is 58.0. The molecule has 0 aliphatic carbocycles. The van der Waals surface area contributed by atoms with Crippen LogP contribution in [-0.2, 0) is 22.6 Å². The molecule has 1 unspecified atom stereocenters. The summed E-state index contributed by atoms with van der Waals surface area (Å²) < 4.78 is 0. The molecule has 0 saturated carbocycles. The lowest BCUT2D eigenvalue weighted by Gasteiger charge is -2.32. The van der Waals surface area contributed by atoms with Gasteiger partial charge in [-0.05, 0) is 81.3 Å². The molecule has 0 radical (unpaired) electrons. The number of hydrogen-bond acceptors (Lipinski definition) is 6. The predicted octanol–water partition coefficient (Wildman–Crippen LogP) is 2.64. The van der Waals surface area contributed by atoms with Gasteiger partial charge < -0.3 is 0 Å². The Balaban J connectivity index is 1.20. The number of hydrogen-bond donors (Lipinski definition) is 1. The number of nitrogens with one attached hydrogen (secondary N) is 1. The third-order valence-corrected chi connectivity index (χ3v) is 7.46. The van der Waals surface area contributed by atoms with Crippen LogP contribution in [0.5, 0.6) is 0 Å². The van der Waals surface area contributed by atoms with Crippen molar-refractivity contribution in [3.05, 3.63) is 64.5 Å². The van der Waals surface area contributed by atoms with E-state index in [0.717, 1.165) is 61.5 Å². The van der Waals surface area contributed by atoms with E-state index in [1.165, 1.54) is 5.56 Å². The number of nitrogens with zero attached hydrogens (tertiary/aromatic N) is 3. The molecule has 4 amide bonds. The summed E-state index contributed by atoms with van der Waals surface area (Å²) in [7, 11) is 0. The van der Waals surface area contributed by atoms with E-state index < -0.39 is 23.8 Å². The third-order valence-electron chi connectivity index (χ3n) is 7.46. The number of carbonyl (C=O) groups is 4. The van der Waals surface area contributed by atoms with E-state index in [9.17, 15) is 19.2 Å². The van der Waals surface area contributed by atoms with Crippen LogP contribution >= 0.6 is 0 Å². The smallest absolute Gasteiger partial charge is 0.262 e. The summed E-state index contributed by atoms with van der Waals surface area (Å²) in [5.74, 6) is -1.25. The Morgan fingerprint density at radius 3 is 2.51 bits per heavy atom. The maximum atomic E-state index is 13.3. The number of likely N-dealkylation sites (tertiary alicyclic amines) is 1. The molecule has 182 valence electrons. The second kappa shape index (κ2) is 9.70. The average Bonchev–Trinajstić information content (AvgIpc) is 3.11. The molecule has 35 heavy (non-hydrogen) atoms. The lowest BCUT2D eigenvalue weighted by molar-refractivity contribution is -0.136. The maximum Gasteiger partial charge on any atom is 0.262 e. The molecule has 1 N–H and O–H groups in total. The van der Waals surface area contributed by atoms with Crippen LogP contribution in [0.15, 0.2) is 36.5 Å². The highest BCUT2D eigenvalue weighted by molar-refractivity contribution is 6.24. The summed E-state index contributed by atoms with van der Waals surface area (Å²) in [6, 6.07) is 8.64. The van der Waals surface area contributed by atoms with Crippen LogP contribution in [-0.4, -0.2) is 57.5 Å². The van der Waals surface area contributed by atoms with Crippen LogP contribution in [0, 0.1) is 12.8 Å². The SMILES string of the molecule is Cc1ccc(CN2CCC(CCc3cccc4c3C(=O)N(C3CCC(=O)NC3=O)C4=O)CC2)cn1. The van der Waals surface area contributed by atoms with E-state index in [2.05, 4.69) is 21.3 Å². The van der Waals surface area contributed by atoms with Gasteiger partial charge in [-0.2, -0.15) is 0 Å². The maximum absolute atomic E-state index is 13.3. The van der Waals surface area contributed by atoms with Crippen LogP contribution in [0.25, 0.3) is 0 Å². The van der Waals surface area contributed by atoms with Gasteiger partial charge in [0.25, 0.3) is 11.8 Å². The monoisotopic (exact) mass is 474 g/mol. The number of fused-ring (bicyclic) bond motifs is 1. The first-order valence-corrected chi connectivity index (χ1v) is 12.4. The van der Waals surface area contributed by atoms with E-state index in [0.29, 0.717) is 17.0 Å². The molecule has 0 bridgehead atoms. The minimum atomic E-state index is -0.930. The van der Waals surface area contributed by atoms with E-state index in [1.54, 1.807) is 6.07 Å². The fourth-order valence-electron chi connectivity index (χ4n) is 5.44. The molecular formula is C27H30N4O4. The minimum absolute atomic E-state index is 0.121. The van der Waals surface area contributed by atoms with Crippen LogP contribution in [0.1, 0.15) is 69.6 Å². The molecule has 8 heteroatoms. The second-order valence-corrected chi connectivity index (χ2v) is 9.85. The van der Waals surface area contributed by atoms with E-state index >= 15 is 0 Å². The van der Waals surface area contributed by atoms with Gasteiger partial charge in [0.1, 0.15) is 6.04 Å². The molecule has 2 saturated heterocycles. The highest BCUT2D eigenvalue weighted by atomic mass is 16.2. The number of aryl methyl sites for hydroxylation is 2. The number of piperidine rings is 2. The molecule has 1 atom stereocenters. The van der Waals surface area contributed by atoms with Crippen LogP contribution in [0.3, 0.4) is 0 Å². The molecule has 3 aliphatic rings. The van der Waals surface area contributed by atoms with E-state index in [1.807, 2.05) is 31.3 Å². The zero-order valence-corrected chi connectivity index (χ0v) is 20.0. The molecule has 1 aromatic carbocycles. The Morgan fingerprint density at radius 1 is 1.00 bits per heavy atom. The molecule has 3 aliphatic heterocycles. The largest absolute Gasteiger partial charge is 0.299 e. The van der Waals surface area contributed by atoms with Gasteiger partial charge in [0.2, 0.25) is 11.8 Å². The number of carbonyl (C=O) groups excluding carboxylic acids is 4. The molecule has 1 aromatic heterocycles. The lowest BCUT2D eigenvalue weighted by atomic mass is 9.88. The first-order chi connectivity index (χ1) is 16.9. The highest BCUT2D eigenvalue weighted by Gasteiger charge is 2.45. The average molecular weight is 475 g/mol. The van der Waals surface area contributed by atoms with Gasteiger partial charge in [0.15, 0.2) is 0 Å². The molecule has 2 aromatic rings. The summed E-state index contributed by atoms with van der Waals surface area (Å²) in [5.41, 5.74) is 3.91. The Kier molecular flexibility index (Phi) is 6.47. The van der Waals surface area contributed by atoms with Crippen molar-refractivity contribution < 1.29 is 19.2 Å². The van der Waals surface area contributed by atoms with Crippen molar-refractivity contribution in [3.8, 4) is 0 Å². The molecule has 4 heterocycles. The number of imide groups is 2. The van der Waals surface area contributed by atoms with Crippen LogP contribution in [0.4, 0.5) is 0 Å². The van der Waals surface area contributed by atoms with Gasteiger partial charge in [0.05, 0.1) is 11.1 Å². The predicted molar refractivity (Wildman–Crippen MR) is 128 cm³/mol. The van der Waals surface area contributed by atoms with Gasteiger partial charge >= 0.3 is 0 Å². The van der Waals surface area contributed by atoms with Crippen molar-refractivity contribution in [1.29, 1.82) is 0 Å². The van der Waals surface area contributed by atoms with Gasteiger partial charge in [0, 0.05) is 24.9 Å². The quantitative estimate of drug-likeness (QED) is 0.646. The minimum Gasteiger partial charge on any atom is -0.299 e. The van der Waals surface area contributed by atoms with E-state index in [-0.39, 0.29) is 18.7 Å². The first-order valence-electron chi connectivity index (χ1n) is 12.4. The summed E-state index contributed by atoms with van der Waals surface area (Å²) in [5, 5.41) is 2.25. The molecule has 5 rings (SSSR count). The normalized spacial score (nSPS) is 21.4. The number of aromatic nitrogens is 1.